The van der Waals surface area contributed by atoms with E-state index in [0.29, 0.717) is 26.3 Å². The Bertz CT molecular complexity index is 809. The van der Waals surface area contributed by atoms with Crippen molar-refractivity contribution in [3.05, 3.63) is 39.3 Å². The fourth-order valence-electron chi connectivity index (χ4n) is 1.81. The third kappa shape index (κ3) is 1.81. The van der Waals surface area contributed by atoms with Crippen molar-refractivity contribution >= 4 is 50.1 Å². The summed E-state index contributed by atoms with van der Waals surface area (Å²) in [6, 6.07) is 0. The third-order valence-electron chi connectivity index (χ3n) is 2.85. The summed E-state index contributed by atoms with van der Waals surface area (Å²) in [5.41, 5.74) is 7.43. The van der Waals surface area contributed by atoms with Crippen molar-refractivity contribution < 1.29 is 0 Å². The van der Waals surface area contributed by atoms with Crippen molar-refractivity contribution in [2.24, 2.45) is 0 Å². The van der Waals surface area contributed by atoms with E-state index in [9.17, 15) is 4.79 Å². The Balaban J connectivity index is 2.47. The zero-order valence-electron chi connectivity index (χ0n) is 9.92. The van der Waals surface area contributed by atoms with Crippen molar-refractivity contribution in [1.29, 1.82) is 0 Å². The first-order chi connectivity index (χ1) is 9.13. The minimum absolute atomic E-state index is 0.216. The largest absolute Gasteiger partial charge is 0.397 e. The van der Waals surface area contributed by atoms with Gasteiger partial charge in [0.05, 0.1) is 16.8 Å². The first-order valence-corrected chi connectivity index (χ1v) is 7.44. The van der Waals surface area contributed by atoms with Gasteiger partial charge in [-0.15, -0.1) is 0 Å². The topological polar surface area (TPSA) is 73.8 Å². The molecule has 3 rings (SSSR count). The van der Waals surface area contributed by atoms with Crippen LogP contribution in [0.15, 0.2) is 38.8 Å². The molecule has 19 heavy (non-hydrogen) atoms. The van der Waals surface area contributed by atoms with Crippen molar-refractivity contribution in [2.75, 3.05) is 12.0 Å². The summed E-state index contributed by atoms with van der Waals surface area (Å²) in [7, 11) is 0. The summed E-state index contributed by atoms with van der Waals surface area (Å²) in [5, 5.41) is 1.26. The van der Waals surface area contributed by atoms with Gasteiger partial charge in [-0.2, -0.15) is 0 Å². The van der Waals surface area contributed by atoms with Crippen LogP contribution in [0.2, 0.25) is 0 Å². The molecule has 0 bridgehead atoms. The monoisotopic (exact) mass is 336 g/mol. The normalized spacial score (nSPS) is 13.5. The van der Waals surface area contributed by atoms with Gasteiger partial charge in [0, 0.05) is 6.20 Å². The highest BCUT2D eigenvalue weighted by molar-refractivity contribution is 9.10. The minimum Gasteiger partial charge on any atom is -0.397 e. The Morgan fingerprint density at radius 2 is 2.21 bits per heavy atom. The van der Waals surface area contributed by atoms with E-state index in [-0.39, 0.29) is 5.56 Å². The minimum atomic E-state index is -0.216. The summed E-state index contributed by atoms with van der Waals surface area (Å²) in [6.45, 7) is 0. The second-order valence-corrected chi connectivity index (χ2v) is 5.48. The van der Waals surface area contributed by atoms with E-state index < -0.39 is 0 Å². The van der Waals surface area contributed by atoms with Crippen LogP contribution >= 0.6 is 27.7 Å². The summed E-state index contributed by atoms with van der Waals surface area (Å²) in [4.78, 5) is 20.9. The van der Waals surface area contributed by atoms with Gasteiger partial charge in [0.15, 0.2) is 10.8 Å². The molecule has 7 heteroatoms. The average Bonchev–Trinajstić information content (AvgIpc) is 2.38. The zero-order chi connectivity index (χ0) is 13.6. The van der Waals surface area contributed by atoms with Crippen LogP contribution in [-0.4, -0.2) is 20.8 Å². The summed E-state index contributed by atoms with van der Waals surface area (Å²) in [6.07, 6.45) is 9.10. The lowest BCUT2D eigenvalue weighted by molar-refractivity contribution is 0.946. The molecule has 1 aliphatic rings. The number of nitrogen functional groups attached to an aromatic ring is 1. The summed E-state index contributed by atoms with van der Waals surface area (Å²) >= 11 is 4.66. The van der Waals surface area contributed by atoms with Gasteiger partial charge in [-0.25, -0.2) is 9.97 Å². The Labute approximate surface area is 121 Å². The molecule has 2 aromatic rings. The van der Waals surface area contributed by atoms with Gasteiger partial charge >= 0.3 is 0 Å². The number of hydrogen-bond donors (Lipinski definition) is 1. The maximum atomic E-state index is 12.3. The number of anilines is 1. The standard InChI is InChI=1S/C12H9BrN4OS/c1-19-12-15-5-7-9(14)8(13)11(18)17(10(7)16-12)6-3-2-4-6/h2-5H,14H2,1H3. The average molecular weight is 337 g/mol. The Morgan fingerprint density at radius 3 is 2.79 bits per heavy atom. The van der Waals surface area contributed by atoms with Crippen molar-refractivity contribution in [3.63, 3.8) is 0 Å². The number of halogens is 1. The maximum absolute atomic E-state index is 12.3. The van der Waals surface area contributed by atoms with E-state index in [1.165, 1.54) is 16.3 Å². The lowest BCUT2D eigenvalue weighted by Crippen LogP contribution is -2.23. The van der Waals surface area contributed by atoms with Crippen molar-refractivity contribution in [1.82, 2.24) is 14.5 Å². The highest BCUT2D eigenvalue weighted by Gasteiger charge is 2.17. The Hall–Kier alpha value is -1.60. The molecule has 0 radical (unpaired) electrons. The van der Waals surface area contributed by atoms with Crippen molar-refractivity contribution in [2.45, 2.75) is 5.16 Å². The molecule has 0 saturated carbocycles. The lowest BCUT2D eigenvalue weighted by atomic mass is 10.2. The quantitative estimate of drug-likeness (QED) is 0.672. The molecule has 0 fully saturated rings. The van der Waals surface area contributed by atoms with E-state index in [4.69, 9.17) is 5.73 Å². The van der Waals surface area contributed by atoms with Crippen LogP contribution in [-0.2, 0) is 0 Å². The lowest BCUT2D eigenvalue weighted by Gasteiger charge is -2.15. The van der Waals surface area contributed by atoms with E-state index >= 15 is 0 Å². The maximum Gasteiger partial charge on any atom is 0.273 e. The number of thioether (sulfide) groups is 1. The van der Waals surface area contributed by atoms with Crippen LogP contribution in [0.5, 0.6) is 0 Å². The molecule has 0 unspecified atom stereocenters. The second-order valence-electron chi connectivity index (χ2n) is 3.91. The number of rotatable bonds is 2. The molecule has 2 aromatic heterocycles. The van der Waals surface area contributed by atoms with Crippen LogP contribution in [0.25, 0.3) is 16.7 Å². The highest BCUT2D eigenvalue weighted by Crippen LogP contribution is 2.28. The van der Waals surface area contributed by atoms with Gasteiger partial charge in [-0.1, -0.05) is 17.8 Å². The fraction of sp³-hybridized carbons (Fsp3) is 0.0833. The molecule has 0 spiro atoms. The SMILES string of the molecule is CSc1ncc2c(N)c(Br)c(=O)n(C3=CC=C3)c2n1. The second kappa shape index (κ2) is 4.50. The van der Waals surface area contributed by atoms with Crippen molar-refractivity contribution in [3.8, 4) is 0 Å². The molecule has 0 aromatic carbocycles. The van der Waals surface area contributed by atoms with Gasteiger partial charge in [0.1, 0.15) is 4.47 Å². The number of nitrogens with zero attached hydrogens (tertiary/aromatic N) is 3. The number of pyridine rings is 1. The third-order valence-corrected chi connectivity index (χ3v) is 4.18. The van der Waals surface area contributed by atoms with E-state index in [0.717, 1.165) is 5.70 Å². The molecular formula is C12H9BrN4OS. The number of hydrogen-bond acceptors (Lipinski definition) is 5. The van der Waals surface area contributed by atoms with Crippen LogP contribution in [0.3, 0.4) is 0 Å². The molecule has 0 atom stereocenters. The molecule has 2 heterocycles. The summed E-state index contributed by atoms with van der Waals surface area (Å²) in [5.74, 6) is 0. The predicted octanol–water partition coefficient (Wildman–Crippen LogP) is 2.27. The predicted molar refractivity (Wildman–Crippen MR) is 81.1 cm³/mol. The van der Waals surface area contributed by atoms with Crippen LogP contribution in [0.1, 0.15) is 0 Å². The van der Waals surface area contributed by atoms with Crippen LogP contribution in [0.4, 0.5) is 5.69 Å². The first-order valence-electron chi connectivity index (χ1n) is 5.43. The van der Waals surface area contributed by atoms with Gasteiger partial charge in [0.25, 0.3) is 5.56 Å². The van der Waals surface area contributed by atoms with Crippen LogP contribution < -0.4 is 11.3 Å². The van der Waals surface area contributed by atoms with E-state index in [2.05, 4.69) is 25.9 Å². The van der Waals surface area contributed by atoms with Gasteiger partial charge < -0.3 is 5.73 Å². The fourth-order valence-corrected chi connectivity index (χ4v) is 2.54. The number of fused-ring (bicyclic) bond motifs is 1. The molecule has 0 aliphatic heterocycles. The number of allylic oxidation sites excluding steroid dienone is 4. The highest BCUT2D eigenvalue weighted by atomic mass is 79.9. The van der Waals surface area contributed by atoms with Gasteiger partial charge in [-0.3, -0.25) is 9.36 Å². The molecule has 5 nitrogen and oxygen atoms in total. The molecule has 1 aliphatic carbocycles. The van der Waals surface area contributed by atoms with Gasteiger partial charge in [-0.05, 0) is 34.3 Å². The molecular weight excluding hydrogens is 328 g/mol. The Morgan fingerprint density at radius 1 is 1.47 bits per heavy atom. The number of nitrogens with two attached hydrogens (primary N) is 1. The smallest absolute Gasteiger partial charge is 0.273 e. The van der Waals surface area contributed by atoms with E-state index in [1.54, 1.807) is 6.20 Å². The molecule has 0 amide bonds. The summed E-state index contributed by atoms with van der Waals surface area (Å²) < 4.78 is 1.87. The first kappa shape index (κ1) is 12.4. The Kier molecular flexibility index (Phi) is 2.94. The van der Waals surface area contributed by atoms with Gasteiger partial charge in [0.2, 0.25) is 0 Å². The number of aromatic nitrogens is 3. The molecule has 2 N–H and O–H groups in total. The van der Waals surface area contributed by atoms with E-state index in [1.807, 2.05) is 24.5 Å². The molecule has 0 saturated heterocycles. The van der Waals surface area contributed by atoms with Crippen LogP contribution in [0, 0.1) is 0 Å². The molecule has 96 valence electrons. The zero-order valence-corrected chi connectivity index (χ0v) is 12.3.